The molecular weight excluding hydrogens is 350 g/mol. The maximum atomic E-state index is 4.75. The predicted molar refractivity (Wildman–Crippen MR) is 112 cm³/mol. The third-order valence-electron chi connectivity index (χ3n) is 4.68. The minimum absolute atomic E-state index is 0.768. The summed E-state index contributed by atoms with van der Waals surface area (Å²) in [6.45, 7) is 2.08. The molecule has 0 spiro atoms. The normalized spacial score (nSPS) is 11.1. The summed E-state index contributed by atoms with van der Waals surface area (Å²) in [6, 6.07) is 27.4. The van der Waals surface area contributed by atoms with Crippen LogP contribution >= 0.6 is 11.3 Å². The first-order valence-electron chi connectivity index (χ1n) is 8.85. The van der Waals surface area contributed by atoms with E-state index in [4.69, 9.17) is 10.1 Å². The summed E-state index contributed by atoms with van der Waals surface area (Å²) in [4.78, 5) is 5.60. The number of thiazole rings is 1. The molecule has 27 heavy (non-hydrogen) atoms. The van der Waals surface area contributed by atoms with Gasteiger partial charge < -0.3 is 0 Å². The Labute approximate surface area is 161 Å². The average molecular weight is 367 g/mol. The summed E-state index contributed by atoms with van der Waals surface area (Å²) in [6.07, 6.45) is 0. The zero-order valence-electron chi connectivity index (χ0n) is 14.8. The lowest BCUT2D eigenvalue weighted by Gasteiger charge is -2.03. The second-order valence-electron chi connectivity index (χ2n) is 6.56. The molecule has 0 aliphatic heterocycles. The van der Waals surface area contributed by atoms with Gasteiger partial charge in [-0.25, -0.2) is 4.52 Å². The Hall–Kier alpha value is -3.24. The van der Waals surface area contributed by atoms with E-state index in [1.165, 1.54) is 16.7 Å². The van der Waals surface area contributed by atoms with Crippen LogP contribution in [0.1, 0.15) is 5.56 Å². The van der Waals surface area contributed by atoms with Crippen LogP contribution in [0.3, 0.4) is 0 Å². The van der Waals surface area contributed by atoms with E-state index >= 15 is 0 Å². The minimum Gasteiger partial charge on any atom is -0.203 e. The number of aryl methyl sites for hydroxylation is 1. The second kappa shape index (κ2) is 6.49. The number of aromatic nitrogens is 3. The molecule has 0 unspecified atom stereocenters. The van der Waals surface area contributed by atoms with Gasteiger partial charge >= 0.3 is 0 Å². The fourth-order valence-electron chi connectivity index (χ4n) is 3.17. The van der Waals surface area contributed by atoms with Gasteiger partial charge in [-0.05, 0) is 18.1 Å². The Bertz CT molecular complexity index is 1200. The molecule has 0 saturated carbocycles. The molecule has 3 aromatic carbocycles. The summed E-state index contributed by atoms with van der Waals surface area (Å²) >= 11 is 1.62. The fourth-order valence-corrected chi connectivity index (χ4v) is 4.00. The van der Waals surface area contributed by atoms with Gasteiger partial charge in [0.2, 0.25) is 4.96 Å². The summed E-state index contributed by atoms with van der Waals surface area (Å²) in [5.74, 6) is 0.768. The molecule has 4 heteroatoms. The molecule has 0 amide bonds. The predicted octanol–water partition coefficient (Wildman–Crippen LogP) is 6.10. The van der Waals surface area contributed by atoms with Crippen molar-refractivity contribution in [3.8, 4) is 33.8 Å². The Balaban J connectivity index is 1.52. The van der Waals surface area contributed by atoms with Crippen LogP contribution < -0.4 is 0 Å². The first-order chi connectivity index (χ1) is 13.3. The molecule has 0 fully saturated rings. The fraction of sp³-hybridized carbons (Fsp3) is 0.0435. The van der Waals surface area contributed by atoms with Crippen molar-refractivity contribution in [3.63, 3.8) is 0 Å². The number of nitrogens with zero attached hydrogens (tertiary/aromatic N) is 3. The van der Waals surface area contributed by atoms with Gasteiger partial charge in [0.1, 0.15) is 0 Å². The first kappa shape index (κ1) is 16.0. The SMILES string of the molecule is Cc1ccc(-c2nc3scc(-c4ccc(-c5ccccc5)cc4)n3n2)cc1. The molecular formula is C23H17N3S. The van der Waals surface area contributed by atoms with Gasteiger partial charge in [-0.2, -0.15) is 4.98 Å². The molecule has 130 valence electrons. The lowest BCUT2D eigenvalue weighted by atomic mass is 10.0. The van der Waals surface area contributed by atoms with Crippen LogP contribution in [0, 0.1) is 6.92 Å². The topological polar surface area (TPSA) is 30.2 Å². The van der Waals surface area contributed by atoms with Gasteiger partial charge in [0.05, 0.1) is 5.69 Å². The van der Waals surface area contributed by atoms with E-state index in [1.54, 1.807) is 11.3 Å². The van der Waals surface area contributed by atoms with E-state index in [1.807, 2.05) is 10.6 Å². The average Bonchev–Trinajstić information content (AvgIpc) is 3.30. The van der Waals surface area contributed by atoms with Crippen molar-refractivity contribution in [2.45, 2.75) is 6.92 Å². The highest BCUT2D eigenvalue weighted by Gasteiger charge is 2.13. The number of rotatable bonds is 3. The molecule has 0 aliphatic carbocycles. The molecule has 0 aliphatic rings. The highest BCUT2D eigenvalue weighted by atomic mass is 32.1. The molecule has 2 heterocycles. The standard InChI is InChI=1S/C23H17N3S/c1-16-7-9-20(10-8-16)22-24-23-26(25-22)21(15-27-23)19-13-11-18(12-14-19)17-5-3-2-4-6-17/h2-15H,1H3. The summed E-state index contributed by atoms with van der Waals surface area (Å²) in [5.41, 5.74) is 6.93. The third-order valence-corrected chi connectivity index (χ3v) is 5.50. The van der Waals surface area contributed by atoms with E-state index in [9.17, 15) is 0 Å². The van der Waals surface area contributed by atoms with E-state index in [0.29, 0.717) is 0 Å². The number of benzene rings is 3. The zero-order valence-corrected chi connectivity index (χ0v) is 15.6. The van der Waals surface area contributed by atoms with E-state index in [2.05, 4.69) is 85.1 Å². The summed E-state index contributed by atoms with van der Waals surface area (Å²) < 4.78 is 1.94. The zero-order chi connectivity index (χ0) is 18.2. The van der Waals surface area contributed by atoms with Crippen molar-refractivity contribution in [1.82, 2.24) is 14.6 Å². The molecule has 5 aromatic rings. The molecule has 0 saturated heterocycles. The second-order valence-corrected chi connectivity index (χ2v) is 7.40. The van der Waals surface area contributed by atoms with Crippen LogP contribution in [-0.4, -0.2) is 14.6 Å². The number of hydrogen-bond acceptors (Lipinski definition) is 3. The van der Waals surface area contributed by atoms with Gasteiger partial charge in [0, 0.05) is 16.5 Å². The Morgan fingerprint density at radius 1 is 0.704 bits per heavy atom. The van der Waals surface area contributed by atoms with Crippen LogP contribution in [0.25, 0.3) is 38.7 Å². The molecule has 0 atom stereocenters. The van der Waals surface area contributed by atoms with E-state index in [-0.39, 0.29) is 0 Å². The minimum atomic E-state index is 0.768. The molecule has 0 bridgehead atoms. The van der Waals surface area contributed by atoms with Gasteiger partial charge in [-0.15, -0.1) is 16.4 Å². The summed E-state index contributed by atoms with van der Waals surface area (Å²) in [5, 5.41) is 6.86. The maximum absolute atomic E-state index is 4.75. The van der Waals surface area contributed by atoms with E-state index in [0.717, 1.165) is 27.6 Å². The van der Waals surface area contributed by atoms with Crippen molar-refractivity contribution in [3.05, 3.63) is 89.8 Å². The highest BCUT2D eigenvalue weighted by molar-refractivity contribution is 7.15. The van der Waals surface area contributed by atoms with Crippen LogP contribution in [0.5, 0.6) is 0 Å². The Morgan fingerprint density at radius 3 is 2.07 bits per heavy atom. The van der Waals surface area contributed by atoms with Crippen molar-refractivity contribution < 1.29 is 0 Å². The van der Waals surface area contributed by atoms with Gasteiger partial charge in [-0.1, -0.05) is 84.4 Å². The van der Waals surface area contributed by atoms with Gasteiger partial charge in [-0.3, -0.25) is 0 Å². The smallest absolute Gasteiger partial charge is 0.203 e. The van der Waals surface area contributed by atoms with Gasteiger partial charge in [0.25, 0.3) is 0 Å². The van der Waals surface area contributed by atoms with E-state index < -0.39 is 0 Å². The Morgan fingerprint density at radius 2 is 1.33 bits per heavy atom. The highest BCUT2D eigenvalue weighted by Crippen LogP contribution is 2.29. The quantitative estimate of drug-likeness (QED) is 0.386. The monoisotopic (exact) mass is 367 g/mol. The Kier molecular flexibility index (Phi) is 3.84. The van der Waals surface area contributed by atoms with Crippen molar-refractivity contribution in [2.75, 3.05) is 0 Å². The van der Waals surface area contributed by atoms with Crippen LogP contribution in [0.15, 0.2) is 84.2 Å². The van der Waals surface area contributed by atoms with Crippen molar-refractivity contribution in [1.29, 1.82) is 0 Å². The largest absolute Gasteiger partial charge is 0.213 e. The van der Waals surface area contributed by atoms with Crippen LogP contribution in [-0.2, 0) is 0 Å². The number of fused-ring (bicyclic) bond motifs is 1. The lowest BCUT2D eigenvalue weighted by Crippen LogP contribution is -1.89. The molecule has 2 aromatic heterocycles. The first-order valence-corrected chi connectivity index (χ1v) is 9.73. The summed E-state index contributed by atoms with van der Waals surface area (Å²) in [7, 11) is 0. The maximum Gasteiger partial charge on any atom is 0.213 e. The van der Waals surface area contributed by atoms with Crippen LogP contribution in [0.2, 0.25) is 0 Å². The molecule has 0 radical (unpaired) electrons. The molecule has 5 rings (SSSR count). The molecule has 0 N–H and O–H groups in total. The van der Waals surface area contributed by atoms with Crippen molar-refractivity contribution in [2.24, 2.45) is 0 Å². The third kappa shape index (κ3) is 2.94. The van der Waals surface area contributed by atoms with Crippen molar-refractivity contribution >= 4 is 16.3 Å². The lowest BCUT2D eigenvalue weighted by molar-refractivity contribution is 0.990. The van der Waals surface area contributed by atoms with Crippen LogP contribution in [0.4, 0.5) is 0 Å². The molecule has 3 nitrogen and oxygen atoms in total. The van der Waals surface area contributed by atoms with Gasteiger partial charge in [0.15, 0.2) is 5.82 Å². The number of hydrogen-bond donors (Lipinski definition) is 0.